The third-order valence-corrected chi connectivity index (χ3v) is 3.30. The van der Waals surface area contributed by atoms with E-state index in [1.165, 1.54) is 12.1 Å². The molecule has 1 atom stereocenters. The summed E-state index contributed by atoms with van der Waals surface area (Å²) in [7, 11) is 0. The standard InChI is InChI=1S/C11H13F3O3S/c1-2-17-10(16)9-4-3-8(18-9)7(15)5-6-11(12,13)14/h3-4,7,15H,2,5-6H2,1H3/t7-/m1/s1. The molecular weight excluding hydrogens is 269 g/mol. The molecule has 0 aliphatic heterocycles. The number of carbonyl (C=O) groups excluding carboxylic acids is 1. The molecule has 0 bridgehead atoms. The number of alkyl halides is 3. The van der Waals surface area contributed by atoms with E-state index in [0.717, 1.165) is 11.3 Å². The van der Waals surface area contributed by atoms with Crippen LogP contribution in [0.25, 0.3) is 0 Å². The zero-order valence-electron chi connectivity index (χ0n) is 9.66. The first-order valence-electron chi connectivity index (χ1n) is 5.35. The zero-order valence-corrected chi connectivity index (χ0v) is 10.5. The van der Waals surface area contributed by atoms with Gasteiger partial charge in [0.05, 0.1) is 12.7 Å². The summed E-state index contributed by atoms with van der Waals surface area (Å²) in [5.74, 6) is -0.531. The Morgan fingerprint density at radius 2 is 2.17 bits per heavy atom. The molecule has 0 aliphatic carbocycles. The highest BCUT2D eigenvalue weighted by Crippen LogP contribution is 2.31. The Balaban J connectivity index is 2.59. The number of hydrogen-bond acceptors (Lipinski definition) is 4. The SMILES string of the molecule is CCOC(=O)c1ccc([C@H](O)CCC(F)(F)F)s1. The van der Waals surface area contributed by atoms with Crippen LogP contribution in [0.3, 0.4) is 0 Å². The van der Waals surface area contributed by atoms with Crippen molar-refractivity contribution in [3.63, 3.8) is 0 Å². The molecule has 0 aromatic carbocycles. The highest BCUT2D eigenvalue weighted by molar-refractivity contribution is 7.14. The second-order valence-corrected chi connectivity index (χ2v) is 4.71. The molecule has 1 aromatic rings. The highest BCUT2D eigenvalue weighted by Gasteiger charge is 2.28. The maximum atomic E-state index is 12.0. The molecule has 0 unspecified atom stereocenters. The van der Waals surface area contributed by atoms with Crippen molar-refractivity contribution in [1.29, 1.82) is 0 Å². The van der Waals surface area contributed by atoms with Crippen LogP contribution in [0.1, 0.15) is 40.4 Å². The van der Waals surface area contributed by atoms with Gasteiger partial charge in [-0.2, -0.15) is 13.2 Å². The van der Waals surface area contributed by atoms with Crippen molar-refractivity contribution >= 4 is 17.3 Å². The van der Waals surface area contributed by atoms with Crippen LogP contribution in [0, 0.1) is 0 Å². The van der Waals surface area contributed by atoms with Gasteiger partial charge in [-0.1, -0.05) is 0 Å². The number of aliphatic hydroxyl groups is 1. The number of hydrogen-bond donors (Lipinski definition) is 1. The summed E-state index contributed by atoms with van der Waals surface area (Å²) in [5.41, 5.74) is 0. The van der Waals surface area contributed by atoms with Gasteiger partial charge in [-0.3, -0.25) is 0 Å². The summed E-state index contributed by atoms with van der Waals surface area (Å²) >= 11 is 0.948. The number of ether oxygens (including phenoxy) is 1. The van der Waals surface area contributed by atoms with E-state index in [1.54, 1.807) is 6.92 Å². The van der Waals surface area contributed by atoms with Crippen LogP contribution < -0.4 is 0 Å². The van der Waals surface area contributed by atoms with Crippen molar-refractivity contribution in [3.05, 3.63) is 21.9 Å². The van der Waals surface area contributed by atoms with E-state index in [0.29, 0.717) is 4.88 Å². The lowest BCUT2D eigenvalue weighted by Gasteiger charge is -2.10. The van der Waals surface area contributed by atoms with Gasteiger partial charge in [-0.15, -0.1) is 11.3 Å². The fourth-order valence-corrected chi connectivity index (χ4v) is 2.21. The van der Waals surface area contributed by atoms with Crippen LogP contribution in [0.5, 0.6) is 0 Å². The van der Waals surface area contributed by atoms with E-state index in [9.17, 15) is 23.1 Å². The van der Waals surface area contributed by atoms with E-state index in [1.807, 2.05) is 0 Å². The average molecular weight is 282 g/mol. The van der Waals surface area contributed by atoms with Gasteiger partial charge in [0, 0.05) is 11.3 Å². The fraction of sp³-hybridized carbons (Fsp3) is 0.545. The Morgan fingerprint density at radius 1 is 1.50 bits per heavy atom. The molecular formula is C11H13F3O3S. The maximum Gasteiger partial charge on any atom is 0.389 e. The molecule has 0 saturated heterocycles. The van der Waals surface area contributed by atoms with Crippen molar-refractivity contribution in [2.75, 3.05) is 6.61 Å². The second kappa shape index (κ2) is 6.19. The molecule has 0 spiro atoms. The smallest absolute Gasteiger partial charge is 0.389 e. The molecule has 7 heteroatoms. The maximum absolute atomic E-state index is 12.0. The minimum atomic E-state index is -4.29. The Hall–Kier alpha value is -1.08. The number of rotatable bonds is 5. The van der Waals surface area contributed by atoms with Gasteiger partial charge in [0.15, 0.2) is 0 Å². The molecule has 0 radical (unpaired) electrons. The third kappa shape index (κ3) is 4.66. The van der Waals surface area contributed by atoms with Crippen molar-refractivity contribution in [3.8, 4) is 0 Å². The van der Waals surface area contributed by atoms with Gasteiger partial charge in [0.2, 0.25) is 0 Å². The van der Waals surface area contributed by atoms with Crippen molar-refractivity contribution < 1.29 is 27.8 Å². The lowest BCUT2D eigenvalue weighted by atomic mass is 10.1. The first-order valence-corrected chi connectivity index (χ1v) is 6.17. The highest BCUT2D eigenvalue weighted by atomic mass is 32.1. The van der Waals surface area contributed by atoms with Gasteiger partial charge in [0.1, 0.15) is 4.88 Å². The van der Waals surface area contributed by atoms with Crippen LogP contribution in [0.15, 0.2) is 12.1 Å². The molecule has 0 aliphatic rings. The molecule has 0 fully saturated rings. The molecule has 102 valence electrons. The van der Waals surface area contributed by atoms with Gasteiger partial charge in [-0.25, -0.2) is 4.79 Å². The van der Waals surface area contributed by atoms with E-state index >= 15 is 0 Å². The predicted molar refractivity (Wildman–Crippen MR) is 60.5 cm³/mol. The first-order chi connectivity index (χ1) is 8.33. The number of thiophene rings is 1. The topological polar surface area (TPSA) is 46.5 Å². The monoisotopic (exact) mass is 282 g/mol. The first kappa shape index (κ1) is 15.0. The van der Waals surface area contributed by atoms with E-state index in [-0.39, 0.29) is 11.5 Å². The Labute approximate surface area is 106 Å². The van der Waals surface area contributed by atoms with Gasteiger partial charge >= 0.3 is 12.1 Å². The summed E-state index contributed by atoms with van der Waals surface area (Å²) in [6.07, 6.45) is -6.96. The summed E-state index contributed by atoms with van der Waals surface area (Å²) in [4.78, 5) is 11.9. The molecule has 1 aromatic heterocycles. The lowest BCUT2D eigenvalue weighted by Crippen LogP contribution is -2.09. The quantitative estimate of drug-likeness (QED) is 0.843. The predicted octanol–water partition coefficient (Wildman–Crippen LogP) is 3.30. The third-order valence-electron chi connectivity index (χ3n) is 2.13. The average Bonchev–Trinajstić information content (AvgIpc) is 2.74. The largest absolute Gasteiger partial charge is 0.462 e. The van der Waals surface area contributed by atoms with Gasteiger partial charge in [-0.05, 0) is 25.5 Å². The van der Waals surface area contributed by atoms with Crippen molar-refractivity contribution in [1.82, 2.24) is 0 Å². The lowest BCUT2D eigenvalue weighted by molar-refractivity contribution is -0.140. The summed E-state index contributed by atoms with van der Waals surface area (Å²) in [5, 5.41) is 9.57. The van der Waals surface area contributed by atoms with Gasteiger partial charge in [0.25, 0.3) is 0 Å². The van der Waals surface area contributed by atoms with Crippen LogP contribution in [0.2, 0.25) is 0 Å². The molecule has 18 heavy (non-hydrogen) atoms. The van der Waals surface area contributed by atoms with E-state index in [4.69, 9.17) is 4.74 Å². The van der Waals surface area contributed by atoms with Crippen LogP contribution >= 0.6 is 11.3 Å². The van der Waals surface area contributed by atoms with Crippen molar-refractivity contribution in [2.24, 2.45) is 0 Å². The van der Waals surface area contributed by atoms with Crippen LogP contribution in [-0.2, 0) is 4.74 Å². The van der Waals surface area contributed by atoms with Crippen molar-refractivity contribution in [2.45, 2.75) is 32.0 Å². The fourth-order valence-electron chi connectivity index (χ4n) is 1.29. The molecule has 1 heterocycles. The molecule has 1 rings (SSSR count). The minimum absolute atomic E-state index is 0.225. The zero-order chi connectivity index (χ0) is 13.8. The van der Waals surface area contributed by atoms with E-state index in [2.05, 4.69) is 0 Å². The number of esters is 1. The molecule has 0 saturated carbocycles. The van der Waals surface area contributed by atoms with Crippen LogP contribution in [0.4, 0.5) is 13.2 Å². The number of carbonyl (C=O) groups is 1. The van der Waals surface area contributed by atoms with Gasteiger partial charge < -0.3 is 9.84 Å². The minimum Gasteiger partial charge on any atom is -0.462 e. The normalized spacial score (nSPS) is 13.4. The second-order valence-electron chi connectivity index (χ2n) is 3.59. The summed E-state index contributed by atoms with van der Waals surface area (Å²) in [6.45, 7) is 1.88. The van der Waals surface area contributed by atoms with E-state index < -0.39 is 31.1 Å². The molecule has 3 nitrogen and oxygen atoms in total. The Morgan fingerprint density at radius 3 is 2.72 bits per heavy atom. The molecule has 1 N–H and O–H groups in total. The summed E-state index contributed by atoms with van der Waals surface area (Å²) < 4.78 is 40.7. The number of halogens is 3. The molecule has 0 amide bonds. The summed E-state index contributed by atoms with van der Waals surface area (Å²) in [6, 6.07) is 2.88. The Kier molecular flexibility index (Phi) is 5.15. The van der Waals surface area contributed by atoms with Crippen LogP contribution in [-0.4, -0.2) is 23.9 Å². The Bertz CT molecular complexity index is 400. The number of aliphatic hydroxyl groups excluding tert-OH is 1.